The van der Waals surface area contributed by atoms with Crippen molar-refractivity contribution >= 4 is 28.8 Å². The molecule has 3 rings (SSSR count). The van der Waals surface area contributed by atoms with Gasteiger partial charge in [0.15, 0.2) is 0 Å². The Balaban J connectivity index is 1.77. The number of hydrogen-bond acceptors (Lipinski definition) is 4. The Morgan fingerprint density at radius 2 is 2.09 bits per heavy atom. The van der Waals surface area contributed by atoms with Gasteiger partial charge >= 0.3 is 0 Å². The molecule has 2 aromatic rings. The number of morpholine rings is 1. The largest absolute Gasteiger partial charge is 0.377 e. The van der Waals surface area contributed by atoms with Gasteiger partial charge in [0.25, 0.3) is 0 Å². The lowest BCUT2D eigenvalue weighted by atomic mass is 10.2. The first-order valence-electron chi connectivity index (χ1n) is 7.37. The van der Waals surface area contributed by atoms with Gasteiger partial charge in [-0.2, -0.15) is 0 Å². The number of amides is 2. The Morgan fingerprint density at radius 1 is 1.26 bits per heavy atom. The summed E-state index contributed by atoms with van der Waals surface area (Å²) < 4.78 is 5.20. The van der Waals surface area contributed by atoms with E-state index in [2.05, 4.69) is 4.98 Å². The minimum absolute atomic E-state index is 0.142. The van der Waals surface area contributed by atoms with E-state index in [1.54, 1.807) is 6.08 Å². The second-order valence-electron chi connectivity index (χ2n) is 5.29. The van der Waals surface area contributed by atoms with E-state index in [9.17, 15) is 9.59 Å². The number of hydrogen-bond donors (Lipinski definition) is 1. The van der Waals surface area contributed by atoms with E-state index in [1.165, 1.54) is 11.0 Å². The number of ether oxygens (including phenoxy) is 1. The van der Waals surface area contributed by atoms with Crippen LogP contribution < -0.4 is 5.73 Å². The predicted octanol–water partition coefficient (Wildman–Crippen LogP) is 0.961. The lowest BCUT2D eigenvalue weighted by Crippen LogP contribution is -2.54. The number of pyridine rings is 1. The molecule has 6 heteroatoms. The van der Waals surface area contributed by atoms with E-state index in [0.29, 0.717) is 18.8 Å². The molecule has 0 saturated carbocycles. The summed E-state index contributed by atoms with van der Waals surface area (Å²) in [6.07, 6.45) is 3.06. The molecular formula is C17H17N3O3. The minimum atomic E-state index is -0.717. The highest BCUT2D eigenvalue weighted by Gasteiger charge is 2.30. The van der Waals surface area contributed by atoms with Crippen LogP contribution in [0.15, 0.2) is 42.5 Å². The number of rotatable bonds is 3. The van der Waals surface area contributed by atoms with Gasteiger partial charge in [0.1, 0.15) is 6.04 Å². The highest BCUT2D eigenvalue weighted by atomic mass is 16.5. The van der Waals surface area contributed by atoms with E-state index in [-0.39, 0.29) is 12.5 Å². The molecule has 2 heterocycles. The quantitative estimate of drug-likeness (QED) is 0.856. The average Bonchev–Trinajstić information content (AvgIpc) is 2.59. The van der Waals surface area contributed by atoms with Crippen molar-refractivity contribution in [3.05, 3.63) is 48.2 Å². The van der Waals surface area contributed by atoms with Crippen LogP contribution in [0, 0.1) is 0 Å². The number of benzene rings is 1. The van der Waals surface area contributed by atoms with Crippen LogP contribution in [-0.2, 0) is 14.3 Å². The Morgan fingerprint density at radius 3 is 2.91 bits per heavy atom. The zero-order chi connectivity index (χ0) is 16.2. The van der Waals surface area contributed by atoms with E-state index < -0.39 is 11.9 Å². The zero-order valence-corrected chi connectivity index (χ0v) is 12.5. The van der Waals surface area contributed by atoms with Crippen molar-refractivity contribution < 1.29 is 14.3 Å². The molecule has 1 aliphatic rings. The van der Waals surface area contributed by atoms with Crippen LogP contribution in [0.25, 0.3) is 17.0 Å². The monoisotopic (exact) mass is 311 g/mol. The van der Waals surface area contributed by atoms with Gasteiger partial charge in [-0.3, -0.25) is 9.59 Å². The molecule has 2 amide bonds. The summed E-state index contributed by atoms with van der Waals surface area (Å²) in [5, 5.41) is 1.04. The molecule has 0 radical (unpaired) electrons. The molecule has 1 unspecified atom stereocenters. The van der Waals surface area contributed by atoms with Crippen LogP contribution in [0.2, 0.25) is 0 Å². The normalized spacial score (nSPS) is 18.4. The third-order valence-corrected chi connectivity index (χ3v) is 3.76. The lowest BCUT2D eigenvalue weighted by Gasteiger charge is -2.32. The molecule has 118 valence electrons. The summed E-state index contributed by atoms with van der Waals surface area (Å²) >= 11 is 0. The van der Waals surface area contributed by atoms with Gasteiger partial charge in [-0.15, -0.1) is 0 Å². The van der Waals surface area contributed by atoms with Crippen LogP contribution in [0.3, 0.4) is 0 Å². The molecule has 6 nitrogen and oxygen atoms in total. The molecule has 1 fully saturated rings. The molecule has 1 saturated heterocycles. The molecule has 0 bridgehead atoms. The van der Waals surface area contributed by atoms with Gasteiger partial charge in [-0.05, 0) is 18.2 Å². The number of carbonyl (C=O) groups excluding carboxylic acids is 2. The number of primary amides is 1. The van der Waals surface area contributed by atoms with Crippen molar-refractivity contribution in [1.29, 1.82) is 0 Å². The van der Waals surface area contributed by atoms with E-state index in [1.807, 2.05) is 36.4 Å². The molecule has 1 aliphatic heterocycles. The van der Waals surface area contributed by atoms with Crippen molar-refractivity contribution in [2.45, 2.75) is 6.04 Å². The van der Waals surface area contributed by atoms with E-state index in [0.717, 1.165) is 10.9 Å². The second kappa shape index (κ2) is 6.58. The Bertz CT molecular complexity index is 773. The smallest absolute Gasteiger partial charge is 0.247 e. The topological polar surface area (TPSA) is 85.5 Å². The Kier molecular flexibility index (Phi) is 4.34. The molecule has 1 aromatic heterocycles. The van der Waals surface area contributed by atoms with Crippen LogP contribution in [0.1, 0.15) is 5.69 Å². The third-order valence-electron chi connectivity index (χ3n) is 3.76. The van der Waals surface area contributed by atoms with Gasteiger partial charge < -0.3 is 15.4 Å². The number of nitrogens with zero attached hydrogens (tertiary/aromatic N) is 2. The standard InChI is InChI=1S/C17H17N3O3/c18-17(22)15-11-23-10-9-20(15)16(21)8-7-13-6-5-12-3-1-2-4-14(12)19-13/h1-8,15H,9-11H2,(H2,18,22)/b8-7+. The van der Waals surface area contributed by atoms with Crippen molar-refractivity contribution in [1.82, 2.24) is 9.88 Å². The maximum atomic E-state index is 12.3. The van der Waals surface area contributed by atoms with Gasteiger partial charge in [-0.25, -0.2) is 4.98 Å². The highest BCUT2D eigenvalue weighted by Crippen LogP contribution is 2.13. The maximum absolute atomic E-state index is 12.3. The molecule has 0 spiro atoms. The molecule has 0 aliphatic carbocycles. The number of fused-ring (bicyclic) bond motifs is 1. The fraction of sp³-hybridized carbons (Fsp3) is 0.235. The summed E-state index contributed by atoms with van der Waals surface area (Å²) in [6.45, 7) is 0.892. The number of carbonyl (C=O) groups is 2. The van der Waals surface area contributed by atoms with Gasteiger partial charge in [0.05, 0.1) is 24.4 Å². The number of nitrogens with two attached hydrogens (primary N) is 1. The molecular weight excluding hydrogens is 294 g/mol. The fourth-order valence-electron chi connectivity index (χ4n) is 2.53. The Hall–Kier alpha value is -2.73. The van der Waals surface area contributed by atoms with E-state index >= 15 is 0 Å². The first-order chi connectivity index (χ1) is 11.1. The zero-order valence-electron chi connectivity index (χ0n) is 12.5. The predicted molar refractivity (Wildman–Crippen MR) is 86.3 cm³/mol. The van der Waals surface area contributed by atoms with Crippen molar-refractivity contribution in [3.63, 3.8) is 0 Å². The molecule has 23 heavy (non-hydrogen) atoms. The first-order valence-corrected chi connectivity index (χ1v) is 7.37. The minimum Gasteiger partial charge on any atom is -0.377 e. The molecule has 1 aromatic carbocycles. The lowest BCUT2D eigenvalue weighted by molar-refractivity contribution is -0.143. The van der Waals surface area contributed by atoms with Gasteiger partial charge in [0, 0.05) is 18.0 Å². The second-order valence-corrected chi connectivity index (χ2v) is 5.29. The summed E-state index contributed by atoms with van der Waals surface area (Å²) in [4.78, 5) is 29.6. The van der Waals surface area contributed by atoms with Crippen LogP contribution >= 0.6 is 0 Å². The van der Waals surface area contributed by atoms with Gasteiger partial charge in [0.2, 0.25) is 11.8 Å². The number of para-hydroxylation sites is 1. The van der Waals surface area contributed by atoms with Gasteiger partial charge in [-0.1, -0.05) is 24.3 Å². The Labute approximate surface area is 133 Å². The van der Waals surface area contributed by atoms with Crippen LogP contribution in [-0.4, -0.2) is 47.5 Å². The summed E-state index contributed by atoms with van der Waals surface area (Å²) in [7, 11) is 0. The molecule has 1 atom stereocenters. The third kappa shape index (κ3) is 3.37. The SMILES string of the molecule is NC(=O)C1COCCN1C(=O)/C=C/c1ccc2ccccc2n1. The summed E-state index contributed by atoms with van der Waals surface area (Å²) in [5.74, 6) is -0.831. The first kappa shape index (κ1) is 15.2. The number of aromatic nitrogens is 1. The average molecular weight is 311 g/mol. The maximum Gasteiger partial charge on any atom is 0.247 e. The molecule has 2 N–H and O–H groups in total. The fourth-order valence-corrected chi connectivity index (χ4v) is 2.53. The summed E-state index contributed by atoms with van der Waals surface area (Å²) in [5.41, 5.74) is 6.86. The van der Waals surface area contributed by atoms with Crippen molar-refractivity contribution in [2.75, 3.05) is 19.8 Å². The van der Waals surface area contributed by atoms with Crippen LogP contribution in [0.5, 0.6) is 0 Å². The van der Waals surface area contributed by atoms with Crippen LogP contribution in [0.4, 0.5) is 0 Å². The highest BCUT2D eigenvalue weighted by molar-refractivity contribution is 5.95. The van der Waals surface area contributed by atoms with Crippen molar-refractivity contribution in [3.8, 4) is 0 Å². The van der Waals surface area contributed by atoms with E-state index in [4.69, 9.17) is 10.5 Å². The van der Waals surface area contributed by atoms with Crippen molar-refractivity contribution in [2.24, 2.45) is 5.73 Å². The summed E-state index contributed by atoms with van der Waals surface area (Å²) in [6, 6.07) is 10.8.